The van der Waals surface area contributed by atoms with E-state index < -0.39 is 30.5 Å². The standard InChI is InChI=1S/C25H20O3.C23H22O3.C5H10O3/c26-13-23-21(27)12-22(28-23)15-10-11-20-18-7-2-5-14-4-1-6-17(24(14)18)19-9-3-8-16(15)25(19)20;24-15-23-21(25)14-22(26-23)20-12-10-19(11-13-20)18-8-6-17(7-9-18)16-4-2-1-3-5-16;6-3-5-4(7)1-2-8-5/h1-11,21-23,26-27H,12-13H2;1-13,21-25H,14-15H2;4-7H,1-3H2/t2*21?,22-,23+;4?,5-/m001/s1. The van der Waals surface area contributed by atoms with Crippen LogP contribution in [0.25, 0.3) is 65.3 Å². The Morgan fingerprint density at radius 1 is 0.419 bits per heavy atom. The van der Waals surface area contributed by atoms with E-state index in [1.165, 1.54) is 48.8 Å². The summed E-state index contributed by atoms with van der Waals surface area (Å²) in [5.41, 5.74) is 6.84. The molecule has 3 unspecified atom stereocenters. The quantitative estimate of drug-likeness (QED) is 0.0690. The van der Waals surface area contributed by atoms with Crippen molar-refractivity contribution in [3.05, 3.63) is 157 Å². The third-order valence-corrected chi connectivity index (χ3v) is 12.7. The van der Waals surface area contributed by atoms with E-state index in [0.29, 0.717) is 25.9 Å². The fraction of sp³-hybridized carbons (Fsp3) is 0.283. The molecule has 3 saturated heterocycles. The third-order valence-electron chi connectivity index (χ3n) is 12.7. The zero-order chi connectivity index (χ0) is 42.7. The SMILES string of the molecule is OC[C@H]1OCCC1O.OC[C@H]1O[C@H](c2ccc(-c3ccc(-c4ccccc4)cc3)cc2)CC1O.OC[C@H]1O[C@H](c2ccc3c4cccc5cccc(c6cccc2c63)c54)CC1O. The second-order valence-electron chi connectivity index (χ2n) is 16.5. The van der Waals surface area contributed by atoms with Gasteiger partial charge < -0.3 is 44.8 Å². The van der Waals surface area contributed by atoms with Gasteiger partial charge in [0.2, 0.25) is 0 Å². The highest BCUT2D eigenvalue weighted by atomic mass is 16.5. The van der Waals surface area contributed by atoms with E-state index in [4.69, 9.17) is 24.4 Å². The van der Waals surface area contributed by atoms with E-state index in [1.807, 2.05) is 30.3 Å². The van der Waals surface area contributed by atoms with Crippen LogP contribution in [0.5, 0.6) is 0 Å². The Bertz CT molecular complexity index is 2670. The second kappa shape index (κ2) is 18.6. The van der Waals surface area contributed by atoms with Gasteiger partial charge in [0.25, 0.3) is 0 Å². The van der Waals surface area contributed by atoms with Crippen molar-refractivity contribution >= 4 is 43.1 Å². The van der Waals surface area contributed by atoms with E-state index in [2.05, 4.69) is 115 Å². The van der Waals surface area contributed by atoms with Crippen LogP contribution in [0.3, 0.4) is 0 Å². The summed E-state index contributed by atoms with van der Waals surface area (Å²) >= 11 is 0. The second-order valence-corrected chi connectivity index (χ2v) is 16.5. The molecule has 8 atom stereocenters. The van der Waals surface area contributed by atoms with Crippen LogP contribution in [0.4, 0.5) is 0 Å². The van der Waals surface area contributed by atoms with Gasteiger partial charge in [0.15, 0.2) is 0 Å². The van der Waals surface area contributed by atoms with Crippen molar-refractivity contribution in [3.63, 3.8) is 0 Å². The molecule has 3 heterocycles. The van der Waals surface area contributed by atoms with Crippen molar-refractivity contribution in [2.75, 3.05) is 26.4 Å². The van der Waals surface area contributed by atoms with Crippen LogP contribution < -0.4 is 0 Å². The van der Waals surface area contributed by atoms with Crippen molar-refractivity contribution in [1.29, 1.82) is 0 Å². The predicted octanol–water partition coefficient (Wildman–Crippen LogP) is 8.25. The maximum atomic E-state index is 10.2. The minimum absolute atomic E-state index is 0.0683. The minimum Gasteiger partial charge on any atom is -0.394 e. The van der Waals surface area contributed by atoms with Crippen LogP contribution in [0, 0.1) is 0 Å². The lowest BCUT2D eigenvalue weighted by atomic mass is 9.87. The lowest BCUT2D eigenvalue weighted by Gasteiger charge is -2.19. The summed E-state index contributed by atoms with van der Waals surface area (Å²) in [5.74, 6) is 0. The van der Waals surface area contributed by atoms with E-state index in [9.17, 15) is 20.4 Å². The zero-order valence-electron chi connectivity index (χ0n) is 34.3. The molecule has 0 aromatic heterocycles. The Morgan fingerprint density at radius 3 is 1.44 bits per heavy atom. The summed E-state index contributed by atoms with van der Waals surface area (Å²) < 4.78 is 16.6. The molecular formula is C53H52O9. The lowest BCUT2D eigenvalue weighted by Crippen LogP contribution is -2.24. The Labute approximate surface area is 360 Å². The number of rotatable bonds is 7. The van der Waals surface area contributed by atoms with Crippen LogP contribution in [0.1, 0.15) is 42.6 Å². The average Bonchev–Trinajstić information content (AvgIpc) is 4.05. The van der Waals surface area contributed by atoms with Gasteiger partial charge in [-0.2, -0.15) is 0 Å². The van der Waals surface area contributed by atoms with Gasteiger partial charge in [0.05, 0.1) is 50.3 Å². The summed E-state index contributed by atoms with van der Waals surface area (Å²) in [6.07, 6.45) is -1.66. The molecule has 3 fully saturated rings. The first-order valence-corrected chi connectivity index (χ1v) is 21.5. The van der Waals surface area contributed by atoms with Crippen molar-refractivity contribution in [3.8, 4) is 22.3 Å². The molecule has 0 bridgehead atoms. The first kappa shape index (κ1) is 42.0. The lowest BCUT2D eigenvalue weighted by molar-refractivity contribution is -0.0225. The van der Waals surface area contributed by atoms with Gasteiger partial charge in [-0.15, -0.1) is 0 Å². The van der Waals surface area contributed by atoms with E-state index in [-0.39, 0.29) is 38.1 Å². The van der Waals surface area contributed by atoms with Crippen LogP contribution in [-0.2, 0) is 14.2 Å². The molecule has 62 heavy (non-hydrogen) atoms. The predicted molar refractivity (Wildman–Crippen MR) is 243 cm³/mol. The molecule has 0 radical (unpaired) electrons. The summed E-state index contributed by atoms with van der Waals surface area (Å²) in [5, 5.41) is 66.1. The fourth-order valence-electron chi connectivity index (χ4n) is 9.34. The number of aliphatic hydroxyl groups is 6. The van der Waals surface area contributed by atoms with Crippen molar-refractivity contribution < 1.29 is 44.8 Å². The first-order valence-electron chi connectivity index (χ1n) is 21.5. The van der Waals surface area contributed by atoms with Gasteiger partial charge in [-0.05, 0) is 82.9 Å². The molecule has 11 rings (SSSR count). The van der Waals surface area contributed by atoms with E-state index in [1.54, 1.807) is 0 Å². The largest absolute Gasteiger partial charge is 0.394 e. The highest BCUT2D eigenvalue weighted by Crippen LogP contribution is 2.44. The number of ether oxygens (including phenoxy) is 3. The smallest absolute Gasteiger partial charge is 0.107 e. The van der Waals surface area contributed by atoms with Gasteiger partial charge in [-0.3, -0.25) is 0 Å². The Kier molecular flexibility index (Phi) is 12.6. The van der Waals surface area contributed by atoms with E-state index >= 15 is 0 Å². The van der Waals surface area contributed by atoms with Crippen LogP contribution >= 0.6 is 0 Å². The number of benzene rings is 8. The van der Waals surface area contributed by atoms with Crippen LogP contribution in [-0.4, -0.2) is 93.7 Å². The molecule has 9 heteroatoms. The molecule has 0 spiro atoms. The van der Waals surface area contributed by atoms with Crippen LogP contribution in [0.2, 0.25) is 0 Å². The van der Waals surface area contributed by atoms with Crippen molar-refractivity contribution in [1.82, 2.24) is 0 Å². The normalized spacial score (nSPS) is 24.7. The maximum Gasteiger partial charge on any atom is 0.107 e. The zero-order valence-corrected chi connectivity index (χ0v) is 34.3. The van der Waals surface area contributed by atoms with Crippen molar-refractivity contribution in [2.24, 2.45) is 0 Å². The fourth-order valence-corrected chi connectivity index (χ4v) is 9.34. The van der Waals surface area contributed by atoms with Gasteiger partial charge >= 0.3 is 0 Å². The molecule has 3 aliphatic rings. The van der Waals surface area contributed by atoms with Gasteiger partial charge in [-0.1, -0.05) is 146 Å². The Balaban J connectivity index is 0.000000135. The summed E-state index contributed by atoms with van der Waals surface area (Å²) in [6.45, 7) is 0.200. The summed E-state index contributed by atoms with van der Waals surface area (Å²) in [4.78, 5) is 0. The highest BCUT2D eigenvalue weighted by molar-refractivity contribution is 6.33. The van der Waals surface area contributed by atoms with Crippen molar-refractivity contribution in [2.45, 2.75) is 68.1 Å². The topological polar surface area (TPSA) is 149 Å². The summed E-state index contributed by atoms with van der Waals surface area (Å²) in [7, 11) is 0. The van der Waals surface area contributed by atoms with E-state index in [0.717, 1.165) is 27.6 Å². The monoisotopic (exact) mass is 832 g/mol. The highest BCUT2D eigenvalue weighted by Gasteiger charge is 2.36. The molecule has 9 nitrogen and oxygen atoms in total. The maximum absolute atomic E-state index is 10.2. The molecule has 318 valence electrons. The molecule has 3 aliphatic heterocycles. The number of fused-ring (bicyclic) bond motifs is 2. The Hall–Kier alpha value is -5.30. The summed E-state index contributed by atoms with van der Waals surface area (Å²) in [6, 6.07) is 50.9. The third kappa shape index (κ3) is 8.32. The van der Waals surface area contributed by atoms with Crippen LogP contribution in [0.15, 0.2) is 146 Å². The van der Waals surface area contributed by atoms with Gasteiger partial charge in [-0.25, -0.2) is 0 Å². The number of hydrogen-bond donors (Lipinski definition) is 6. The Morgan fingerprint density at radius 2 is 0.903 bits per heavy atom. The molecule has 0 amide bonds. The first-order chi connectivity index (χ1) is 30.3. The number of aliphatic hydroxyl groups excluding tert-OH is 6. The molecule has 8 aromatic rings. The molecule has 0 aliphatic carbocycles. The molecule has 0 saturated carbocycles. The minimum atomic E-state index is -0.629. The number of hydrogen-bond acceptors (Lipinski definition) is 9. The average molecular weight is 833 g/mol. The van der Waals surface area contributed by atoms with Gasteiger partial charge in [0, 0.05) is 19.4 Å². The molecule has 8 aromatic carbocycles. The van der Waals surface area contributed by atoms with Gasteiger partial charge in [0.1, 0.15) is 18.3 Å². The molecular weight excluding hydrogens is 781 g/mol. The molecule has 6 N–H and O–H groups in total.